The molecule has 0 spiro atoms. The molecule has 0 bridgehead atoms. The van der Waals surface area contributed by atoms with E-state index >= 15 is 0 Å². The van der Waals surface area contributed by atoms with E-state index in [9.17, 15) is 9.59 Å². The third-order valence-electron chi connectivity index (χ3n) is 6.09. The summed E-state index contributed by atoms with van der Waals surface area (Å²) < 4.78 is 5.36. The van der Waals surface area contributed by atoms with Crippen LogP contribution < -0.4 is 16.0 Å². The normalized spacial score (nSPS) is 23.0. The van der Waals surface area contributed by atoms with Crippen molar-refractivity contribution in [2.24, 2.45) is 10.4 Å². The molecule has 32 heavy (non-hydrogen) atoms. The van der Waals surface area contributed by atoms with Gasteiger partial charge in [0.2, 0.25) is 5.91 Å². The summed E-state index contributed by atoms with van der Waals surface area (Å²) in [5.41, 5.74) is -0.842. The molecule has 0 aromatic carbocycles. The minimum absolute atomic E-state index is 0. The van der Waals surface area contributed by atoms with Crippen LogP contribution in [0.3, 0.4) is 0 Å². The van der Waals surface area contributed by atoms with Crippen LogP contribution in [0.5, 0.6) is 0 Å². The third-order valence-corrected chi connectivity index (χ3v) is 6.09. The Labute approximate surface area is 211 Å². The van der Waals surface area contributed by atoms with Gasteiger partial charge in [-0.3, -0.25) is 9.79 Å². The molecule has 0 aromatic rings. The first-order chi connectivity index (χ1) is 14.5. The summed E-state index contributed by atoms with van der Waals surface area (Å²) in [7, 11) is 3.67. The van der Waals surface area contributed by atoms with Crippen LogP contribution in [-0.4, -0.2) is 67.7 Å². The van der Waals surface area contributed by atoms with Gasteiger partial charge < -0.3 is 25.6 Å². The predicted octanol–water partition coefficient (Wildman–Crippen LogP) is 3.64. The zero-order valence-corrected chi connectivity index (χ0v) is 23.1. The molecule has 0 saturated heterocycles. The van der Waals surface area contributed by atoms with Crippen LogP contribution in [0.1, 0.15) is 79.1 Å². The van der Waals surface area contributed by atoms with E-state index < -0.39 is 5.60 Å². The average Bonchev–Trinajstić information content (AvgIpc) is 3.15. The number of ether oxygens (including phenoxy) is 1. The second-order valence-corrected chi connectivity index (χ2v) is 10.2. The first kappa shape index (κ1) is 28.8. The molecule has 2 amide bonds. The Morgan fingerprint density at radius 1 is 1.03 bits per heavy atom. The van der Waals surface area contributed by atoms with Crippen molar-refractivity contribution in [1.82, 2.24) is 20.9 Å². The van der Waals surface area contributed by atoms with E-state index in [0.717, 1.165) is 63.9 Å². The Hall–Kier alpha value is -1.26. The number of hydrogen-bond donors (Lipinski definition) is 3. The van der Waals surface area contributed by atoms with Gasteiger partial charge in [0, 0.05) is 32.7 Å². The fourth-order valence-electron chi connectivity index (χ4n) is 4.57. The third kappa shape index (κ3) is 8.94. The molecule has 3 N–H and O–H groups in total. The fourth-order valence-corrected chi connectivity index (χ4v) is 4.57. The Kier molecular flexibility index (Phi) is 11.5. The van der Waals surface area contributed by atoms with Gasteiger partial charge >= 0.3 is 6.09 Å². The number of aliphatic imine (C=N–C) groups is 1. The number of halogens is 1. The van der Waals surface area contributed by atoms with Gasteiger partial charge in [-0.25, -0.2) is 4.79 Å². The van der Waals surface area contributed by atoms with Crippen LogP contribution in [0.15, 0.2) is 4.99 Å². The van der Waals surface area contributed by atoms with Crippen molar-refractivity contribution in [1.29, 1.82) is 0 Å². The molecule has 0 heterocycles. The van der Waals surface area contributed by atoms with E-state index in [-0.39, 0.29) is 47.4 Å². The maximum atomic E-state index is 12.8. The molecule has 0 unspecified atom stereocenters. The van der Waals surface area contributed by atoms with Crippen molar-refractivity contribution in [3.63, 3.8) is 0 Å². The minimum Gasteiger partial charge on any atom is -0.444 e. The van der Waals surface area contributed by atoms with Gasteiger partial charge in [-0.15, -0.1) is 24.0 Å². The number of carbonyl (C=O) groups excluding carboxylic acids is 2. The number of amides is 2. The molecule has 0 aliphatic heterocycles. The zero-order chi connectivity index (χ0) is 23.1. The first-order valence-electron chi connectivity index (χ1n) is 11.8. The summed E-state index contributed by atoms with van der Waals surface area (Å²) in [5, 5.41) is 9.87. The summed E-state index contributed by atoms with van der Waals surface area (Å²) in [5.74, 6) is 0.974. The number of nitrogens with zero attached hydrogens (tertiary/aromatic N) is 2. The van der Waals surface area contributed by atoms with Crippen molar-refractivity contribution >= 4 is 41.9 Å². The van der Waals surface area contributed by atoms with Gasteiger partial charge in [0.25, 0.3) is 0 Å². The maximum Gasteiger partial charge on any atom is 0.407 e. The number of guanidine groups is 1. The summed E-state index contributed by atoms with van der Waals surface area (Å²) in [4.78, 5) is 31.4. The molecule has 2 aliphatic rings. The van der Waals surface area contributed by atoms with Crippen LogP contribution in [0.2, 0.25) is 0 Å². The summed E-state index contributed by atoms with van der Waals surface area (Å²) in [6, 6.07) is 0.449. The van der Waals surface area contributed by atoms with E-state index in [4.69, 9.17) is 9.73 Å². The highest BCUT2D eigenvalue weighted by molar-refractivity contribution is 14.0. The summed E-state index contributed by atoms with van der Waals surface area (Å²) in [6.07, 6.45) is 7.37. The van der Waals surface area contributed by atoms with Crippen molar-refractivity contribution in [3.8, 4) is 0 Å². The molecule has 2 rings (SSSR count). The highest BCUT2D eigenvalue weighted by Crippen LogP contribution is 2.39. The molecule has 9 heteroatoms. The minimum atomic E-state index is -0.481. The van der Waals surface area contributed by atoms with Crippen molar-refractivity contribution in [2.75, 3.05) is 27.2 Å². The molecular weight excluding hydrogens is 521 g/mol. The van der Waals surface area contributed by atoms with Crippen LogP contribution in [-0.2, 0) is 9.53 Å². The Bertz CT molecular complexity index is 634. The SMILES string of the molecule is CCNC(=NCC1(C(=O)N(C)C)CCCC1)NC1CCC(NC(=O)OC(C)(C)C)CC1.I. The fraction of sp³-hybridized carbons (Fsp3) is 0.870. The molecule has 8 nitrogen and oxygen atoms in total. The summed E-state index contributed by atoms with van der Waals surface area (Å²) in [6.45, 7) is 8.96. The molecule has 2 fully saturated rings. The summed E-state index contributed by atoms with van der Waals surface area (Å²) >= 11 is 0. The maximum absolute atomic E-state index is 12.8. The lowest BCUT2D eigenvalue weighted by molar-refractivity contribution is -0.138. The van der Waals surface area contributed by atoms with Crippen molar-refractivity contribution < 1.29 is 14.3 Å². The molecule has 0 atom stereocenters. The van der Waals surface area contributed by atoms with Gasteiger partial charge in [-0.2, -0.15) is 0 Å². The van der Waals surface area contributed by atoms with E-state index in [2.05, 4.69) is 22.9 Å². The van der Waals surface area contributed by atoms with E-state index in [1.54, 1.807) is 4.90 Å². The van der Waals surface area contributed by atoms with Crippen LogP contribution in [0.4, 0.5) is 4.79 Å². The van der Waals surface area contributed by atoms with Gasteiger partial charge in [0.15, 0.2) is 5.96 Å². The average molecular weight is 566 g/mol. The van der Waals surface area contributed by atoms with Crippen LogP contribution in [0.25, 0.3) is 0 Å². The van der Waals surface area contributed by atoms with Crippen LogP contribution in [0, 0.1) is 5.41 Å². The standard InChI is InChI=1S/C23H43N5O3.HI/c1-7-24-20(25-16-23(14-8-9-15-23)19(29)28(5)6)26-17-10-12-18(13-11-17)27-21(30)31-22(2,3)4;/h17-18H,7-16H2,1-6H3,(H,27,30)(H2,24,25,26);1H. The zero-order valence-electron chi connectivity index (χ0n) is 20.8. The smallest absolute Gasteiger partial charge is 0.407 e. The largest absolute Gasteiger partial charge is 0.444 e. The Balaban J connectivity index is 0.00000512. The first-order valence-corrected chi connectivity index (χ1v) is 11.8. The van der Waals surface area contributed by atoms with E-state index in [0.29, 0.717) is 12.6 Å². The monoisotopic (exact) mass is 565 g/mol. The van der Waals surface area contributed by atoms with Gasteiger partial charge in [-0.1, -0.05) is 12.8 Å². The Morgan fingerprint density at radius 2 is 1.56 bits per heavy atom. The van der Waals surface area contributed by atoms with Gasteiger partial charge in [0.05, 0.1) is 12.0 Å². The Morgan fingerprint density at radius 3 is 2.03 bits per heavy atom. The number of carbonyl (C=O) groups is 2. The van der Waals surface area contributed by atoms with Crippen molar-refractivity contribution in [2.45, 2.75) is 96.7 Å². The number of rotatable bonds is 6. The number of nitrogens with one attached hydrogen (secondary N) is 3. The molecule has 0 radical (unpaired) electrons. The van der Waals surface area contributed by atoms with E-state index in [1.807, 2.05) is 34.9 Å². The second-order valence-electron chi connectivity index (χ2n) is 10.2. The number of alkyl carbamates (subject to hydrolysis) is 1. The predicted molar refractivity (Wildman–Crippen MR) is 140 cm³/mol. The molecule has 2 aliphatic carbocycles. The van der Waals surface area contributed by atoms with Crippen molar-refractivity contribution in [3.05, 3.63) is 0 Å². The van der Waals surface area contributed by atoms with E-state index in [1.165, 1.54) is 0 Å². The second kappa shape index (κ2) is 12.8. The topological polar surface area (TPSA) is 95.1 Å². The van der Waals surface area contributed by atoms with Gasteiger partial charge in [-0.05, 0) is 66.2 Å². The lowest BCUT2D eigenvalue weighted by Crippen LogP contribution is -2.48. The lowest BCUT2D eigenvalue weighted by Gasteiger charge is -2.32. The van der Waals surface area contributed by atoms with Gasteiger partial charge in [0.1, 0.15) is 5.60 Å². The molecule has 0 aromatic heterocycles. The molecular formula is C23H44IN5O3. The van der Waals surface area contributed by atoms with Crippen LogP contribution >= 0.6 is 24.0 Å². The highest BCUT2D eigenvalue weighted by atomic mass is 127. The molecule has 186 valence electrons. The number of hydrogen-bond acceptors (Lipinski definition) is 4. The highest BCUT2D eigenvalue weighted by Gasteiger charge is 2.42. The lowest BCUT2D eigenvalue weighted by atomic mass is 9.85. The quantitative estimate of drug-likeness (QED) is 0.260. The molecule has 2 saturated carbocycles.